The Morgan fingerprint density at radius 2 is 1.91 bits per heavy atom. The number of ether oxygens (including phenoxy) is 1. The second-order valence-corrected chi connectivity index (χ2v) is 9.15. The summed E-state index contributed by atoms with van der Waals surface area (Å²) in [6, 6.07) is 9.91. The van der Waals surface area contributed by atoms with Crippen molar-refractivity contribution in [1.82, 2.24) is 9.80 Å². The fourth-order valence-electron chi connectivity index (χ4n) is 4.16. The van der Waals surface area contributed by atoms with Gasteiger partial charge >= 0.3 is 0 Å². The van der Waals surface area contributed by atoms with E-state index in [0.29, 0.717) is 29.8 Å². The number of carbonyl (C=O) groups excluding carboxylic acids is 2. The van der Waals surface area contributed by atoms with Gasteiger partial charge in [0, 0.05) is 24.2 Å². The molecule has 186 valence electrons. The van der Waals surface area contributed by atoms with E-state index < -0.39 is 22.7 Å². The molecule has 9 nitrogen and oxygen atoms in total. The molecule has 2 aromatic carbocycles. The molecule has 1 aliphatic rings. The highest BCUT2D eigenvalue weighted by Crippen LogP contribution is 2.40. The van der Waals surface area contributed by atoms with Crippen molar-refractivity contribution in [1.29, 1.82) is 0 Å². The summed E-state index contributed by atoms with van der Waals surface area (Å²) in [4.78, 5) is 40.4. The summed E-state index contributed by atoms with van der Waals surface area (Å²) in [6.07, 6.45) is 0.556. The lowest BCUT2D eigenvalue weighted by Crippen LogP contribution is -2.32. The van der Waals surface area contributed by atoms with E-state index in [2.05, 4.69) is 0 Å². The lowest BCUT2D eigenvalue weighted by Gasteiger charge is -2.26. The average molecular weight is 482 g/mol. The summed E-state index contributed by atoms with van der Waals surface area (Å²) in [5, 5.41) is 22.6. The van der Waals surface area contributed by atoms with Gasteiger partial charge in [-0.3, -0.25) is 19.7 Å². The maximum atomic E-state index is 13.1. The zero-order chi connectivity index (χ0) is 25.9. The number of carbonyl (C=O) groups is 2. The molecule has 0 radical (unpaired) electrons. The molecular weight excluding hydrogens is 450 g/mol. The van der Waals surface area contributed by atoms with Crippen molar-refractivity contribution in [2.45, 2.75) is 39.3 Å². The third kappa shape index (κ3) is 5.68. The molecule has 1 saturated heterocycles. The van der Waals surface area contributed by atoms with Crippen molar-refractivity contribution >= 4 is 23.1 Å². The van der Waals surface area contributed by atoms with Gasteiger partial charge in [0.1, 0.15) is 11.5 Å². The molecule has 1 amide bonds. The van der Waals surface area contributed by atoms with Gasteiger partial charge in [0.15, 0.2) is 0 Å². The first-order chi connectivity index (χ1) is 16.5. The second-order valence-electron chi connectivity index (χ2n) is 9.15. The van der Waals surface area contributed by atoms with Crippen molar-refractivity contribution in [2.75, 3.05) is 27.2 Å². The molecule has 1 atom stereocenters. The molecule has 1 fully saturated rings. The molecule has 1 N–H and O–H groups in total. The molecule has 9 heteroatoms. The van der Waals surface area contributed by atoms with Crippen molar-refractivity contribution < 1.29 is 24.4 Å². The molecule has 0 aromatic heterocycles. The van der Waals surface area contributed by atoms with Gasteiger partial charge in [-0.25, -0.2) is 0 Å². The van der Waals surface area contributed by atoms with Crippen LogP contribution in [-0.4, -0.2) is 64.8 Å². The third-order valence-electron chi connectivity index (χ3n) is 5.75. The number of rotatable bonds is 9. The van der Waals surface area contributed by atoms with Gasteiger partial charge in [-0.15, -0.1) is 0 Å². The lowest BCUT2D eigenvalue weighted by molar-refractivity contribution is -0.384. The molecule has 35 heavy (non-hydrogen) atoms. The number of nitrogens with zero attached hydrogens (tertiary/aromatic N) is 3. The van der Waals surface area contributed by atoms with Crippen LogP contribution in [0.4, 0.5) is 5.69 Å². The zero-order valence-electron chi connectivity index (χ0n) is 20.6. The second kappa shape index (κ2) is 10.7. The minimum Gasteiger partial charge on any atom is -0.507 e. The first-order valence-electron chi connectivity index (χ1n) is 11.5. The van der Waals surface area contributed by atoms with Gasteiger partial charge in [0.2, 0.25) is 0 Å². The molecule has 2 aromatic rings. The number of hydrogen-bond acceptors (Lipinski definition) is 7. The summed E-state index contributed by atoms with van der Waals surface area (Å²) >= 11 is 0. The number of benzene rings is 2. The Labute approximate surface area is 204 Å². The largest absolute Gasteiger partial charge is 0.507 e. The highest BCUT2D eigenvalue weighted by molar-refractivity contribution is 6.46. The fraction of sp³-hybridized carbons (Fsp3) is 0.385. The topological polar surface area (TPSA) is 113 Å². The molecule has 0 saturated carbocycles. The maximum Gasteiger partial charge on any atom is 0.295 e. The van der Waals surface area contributed by atoms with Crippen molar-refractivity contribution in [2.24, 2.45) is 0 Å². The van der Waals surface area contributed by atoms with Crippen LogP contribution in [0.1, 0.15) is 43.0 Å². The van der Waals surface area contributed by atoms with Gasteiger partial charge in [0.25, 0.3) is 17.4 Å². The molecule has 0 aliphatic carbocycles. The number of ketones is 1. The Morgan fingerprint density at radius 1 is 1.20 bits per heavy atom. The normalized spacial score (nSPS) is 17.5. The quantitative estimate of drug-likeness (QED) is 0.189. The van der Waals surface area contributed by atoms with Gasteiger partial charge in [-0.05, 0) is 77.2 Å². The van der Waals surface area contributed by atoms with Crippen LogP contribution in [0.5, 0.6) is 5.75 Å². The van der Waals surface area contributed by atoms with Crippen LogP contribution < -0.4 is 4.74 Å². The maximum absolute atomic E-state index is 13.1. The first kappa shape index (κ1) is 25.9. The monoisotopic (exact) mass is 481 g/mol. The SMILES string of the molecule is Cc1cc(/C(O)=C2/C(=O)C(=O)N(CCCN(C)C)C2c2cccc([N+](=O)[O-])c2)ccc1OC(C)C. The number of amides is 1. The third-order valence-corrected chi connectivity index (χ3v) is 5.75. The van der Waals surface area contributed by atoms with Crippen LogP contribution >= 0.6 is 0 Å². The zero-order valence-corrected chi connectivity index (χ0v) is 20.6. The fourth-order valence-corrected chi connectivity index (χ4v) is 4.16. The van der Waals surface area contributed by atoms with Gasteiger partial charge in [0.05, 0.1) is 22.6 Å². The van der Waals surface area contributed by atoms with Gasteiger partial charge in [-0.1, -0.05) is 12.1 Å². The Bertz CT molecular complexity index is 1170. The summed E-state index contributed by atoms with van der Waals surface area (Å²) in [7, 11) is 3.81. The molecule has 1 unspecified atom stereocenters. The smallest absolute Gasteiger partial charge is 0.295 e. The predicted octanol–water partition coefficient (Wildman–Crippen LogP) is 4.06. The van der Waals surface area contributed by atoms with Crippen LogP contribution in [0.2, 0.25) is 0 Å². The molecule has 0 bridgehead atoms. The van der Waals surface area contributed by atoms with Crippen LogP contribution in [0.15, 0.2) is 48.0 Å². The Balaban J connectivity index is 2.12. The van der Waals surface area contributed by atoms with Crippen LogP contribution in [0.3, 0.4) is 0 Å². The number of Topliss-reactive ketones (excluding diaryl/α,β-unsaturated/α-hetero) is 1. The Kier molecular flexibility index (Phi) is 7.91. The standard InChI is InChI=1S/C26H31N3O6/c1-16(2)35-21-11-10-19(14-17(21)3)24(30)22-23(18-8-6-9-20(15-18)29(33)34)28(26(32)25(22)31)13-7-12-27(4)5/h6,8-11,14-16,23,30H,7,12-13H2,1-5H3/b24-22-. The van der Waals surface area contributed by atoms with E-state index in [1.807, 2.05) is 39.8 Å². The summed E-state index contributed by atoms with van der Waals surface area (Å²) in [5.74, 6) is -1.23. The minimum absolute atomic E-state index is 0.0329. The predicted molar refractivity (Wildman–Crippen MR) is 132 cm³/mol. The highest BCUT2D eigenvalue weighted by atomic mass is 16.6. The summed E-state index contributed by atoms with van der Waals surface area (Å²) in [5.41, 5.74) is 1.26. The van der Waals surface area contributed by atoms with Crippen LogP contribution in [0.25, 0.3) is 5.76 Å². The van der Waals surface area contributed by atoms with Crippen molar-refractivity contribution in [3.63, 3.8) is 0 Å². The Hall–Kier alpha value is -3.72. The number of non-ortho nitro benzene ring substituents is 1. The number of aliphatic hydroxyl groups is 1. The van der Waals surface area contributed by atoms with E-state index in [9.17, 15) is 24.8 Å². The van der Waals surface area contributed by atoms with E-state index in [-0.39, 0.29) is 29.7 Å². The lowest BCUT2D eigenvalue weighted by atomic mass is 9.94. The van der Waals surface area contributed by atoms with Crippen molar-refractivity contribution in [3.05, 3.63) is 74.8 Å². The molecule has 1 heterocycles. The molecule has 1 aliphatic heterocycles. The first-order valence-corrected chi connectivity index (χ1v) is 11.5. The van der Waals surface area contributed by atoms with Crippen LogP contribution in [0, 0.1) is 17.0 Å². The van der Waals surface area contributed by atoms with Gasteiger partial charge in [-0.2, -0.15) is 0 Å². The van der Waals surface area contributed by atoms with E-state index >= 15 is 0 Å². The number of hydrogen-bond donors (Lipinski definition) is 1. The molecular formula is C26H31N3O6. The van der Waals surface area contributed by atoms with E-state index in [0.717, 1.165) is 5.56 Å². The number of likely N-dealkylation sites (tertiary alicyclic amines) is 1. The number of nitro benzene ring substituents is 1. The highest BCUT2D eigenvalue weighted by Gasteiger charge is 2.46. The van der Waals surface area contributed by atoms with E-state index in [1.165, 1.54) is 23.1 Å². The number of aryl methyl sites for hydroxylation is 1. The van der Waals surface area contributed by atoms with E-state index in [1.54, 1.807) is 24.3 Å². The minimum atomic E-state index is -0.941. The number of aliphatic hydroxyl groups excluding tert-OH is 1. The number of nitro groups is 1. The molecule has 0 spiro atoms. The summed E-state index contributed by atoms with van der Waals surface area (Å²) < 4.78 is 5.76. The summed E-state index contributed by atoms with van der Waals surface area (Å²) in [6.45, 7) is 6.58. The Morgan fingerprint density at radius 3 is 2.51 bits per heavy atom. The van der Waals surface area contributed by atoms with Crippen molar-refractivity contribution in [3.8, 4) is 5.75 Å². The van der Waals surface area contributed by atoms with Gasteiger partial charge < -0.3 is 19.6 Å². The average Bonchev–Trinajstić information content (AvgIpc) is 3.04. The molecule has 3 rings (SSSR count). The van der Waals surface area contributed by atoms with Crippen LogP contribution in [-0.2, 0) is 9.59 Å². The van der Waals surface area contributed by atoms with E-state index in [4.69, 9.17) is 4.74 Å².